The number of rotatable bonds is 3. The van der Waals surface area contributed by atoms with E-state index < -0.39 is 27.7 Å². The smallest absolute Gasteiger partial charge is 0.288 e. The molecule has 2 aromatic rings. The fourth-order valence-electron chi connectivity index (χ4n) is 2.38. The maximum Gasteiger partial charge on any atom is 0.302 e. The number of para-hydroxylation sites is 1. The predicted molar refractivity (Wildman–Crippen MR) is 74.9 cm³/mol. The van der Waals surface area contributed by atoms with Crippen LogP contribution in [0.25, 0.3) is 10.2 Å². The van der Waals surface area contributed by atoms with Crippen molar-refractivity contribution in [2.75, 3.05) is 17.2 Å². The van der Waals surface area contributed by atoms with Crippen LogP contribution in [0.5, 0.6) is 0 Å². The van der Waals surface area contributed by atoms with E-state index in [1.165, 1.54) is 11.0 Å². The van der Waals surface area contributed by atoms with Gasteiger partial charge in [-0.15, -0.1) is 3.89 Å². The third-order valence-corrected chi connectivity index (χ3v) is 5.14. The average Bonchev–Trinajstić information content (AvgIpc) is 2.91. The Morgan fingerprint density at radius 2 is 2.19 bits per heavy atom. The summed E-state index contributed by atoms with van der Waals surface area (Å²) >= 11 is 1.14. The molecule has 5 nitrogen and oxygen atoms in total. The first kappa shape index (κ1) is 14.3. The fourth-order valence-corrected chi connectivity index (χ4v) is 4.17. The number of thiazole rings is 1. The van der Waals surface area contributed by atoms with Crippen LogP contribution in [0.2, 0.25) is 0 Å². The van der Waals surface area contributed by atoms with Crippen molar-refractivity contribution in [1.82, 2.24) is 4.98 Å². The van der Waals surface area contributed by atoms with Gasteiger partial charge in [-0.3, -0.25) is 9.69 Å². The van der Waals surface area contributed by atoms with E-state index in [1.54, 1.807) is 12.1 Å². The van der Waals surface area contributed by atoms with Crippen LogP contribution < -0.4 is 4.90 Å². The van der Waals surface area contributed by atoms with Crippen LogP contribution in [0.4, 0.5) is 13.4 Å². The molecule has 112 valence electrons. The van der Waals surface area contributed by atoms with Crippen LogP contribution in [-0.2, 0) is 15.0 Å². The monoisotopic (exact) mass is 332 g/mol. The van der Waals surface area contributed by atoms with Gasteiger partial charge in [-0.25, -0.2) is 9.37 Å². The normalized spacial score (nSPS) is 19.6. The first-order valence-electron chi connectivity index (χ1n) is 6.11. The lowest BCUT2D eigenvalue weighted by Gasteiger charge is -2.11. The Bertz CT molecular complexity index is 819. The minimum absolute atomic E-state index is 0.0540. The summed E-state index contributed by atoms with van der Waals surface area (Å²) in [5.41, 5.74) is 0.173. The molecule has 1 aliphatic heterocycles. The summed E-state index contributed by atoms with van der Waals surface area (Å²) < 4.78 is 48.2. The van der Waals surface area contributed by atoms with Crippen LogP contribution in [0.3, 0.4) is 0 Å². The molecule has 0 spiro atoms. The van der Waals surface area contributed by atoms with E-state index in [-0.39, 0.29) is 24.4 Å². The molecule has 1 atom stereocenters. The van der Waals surface area contributed by atoms with Gasteiger partial charge in [0.25, 0.3) is 0 Å². The highest BCUT2D eigenvalue weighted by molar-refractivity contribution is 7.86. The summed E-state index contributed by atoms with van der Waals surface area (Å²) in [6.07, 6.45) is -0.0540. The second-order valence-electron chi connectivity index (χ2n) is 4.86. The number of hydrogen-bond donors (Lipinski definition) is 0. The molecule has 3 rings (SSSR count). The van der Waals surface area contributed by atoms with Gasteiger partial charge in [0.15, 0.2) is 5.13 Å². The van der Waals surface area contributed by atoms with Gasteiger partial charge in [-0.2, -0.15) is 8.42 Å². The molecule has 0 bridgehead atoms. The summed E-state index contributed by atoms with van der Waals surface area (Å²) in [5.74, 6) is -2.11. The molecule has 1 unspecified atom stereocenters. The molecular weight excluding hydrogens is 322 g/mol. The van der Waals surface area contributed by atoms with E-state index >= 15 is 0 Å². The van der Waals surface area contributed by atoms with Crippen LogP contribution in [0.15, 0.2) is 18.2 Å². The summed E-state index contributed by atoms with van der Waals surface area (Å²) in [5, 5.41) is 0.304. The Morgan fingerprint density at radius 3 is 2.86 bits per heavy atom. The van der Waals surface area contributed by atoms with Gasteiger partial charge in [-0.1, -0.05) is 17.4 Å². The van der Waals surface area contributed by atoms with Crippen molar-refractivity contribution in [2.24, 2.45) is 5.92 Å². The van der Waals surface area contributed by atoms with Gasteiger partial charge >= 0.3 is 10.2 Å². The Labute approximate surface area is 123 Å². The molecule has 1 aromatic heterocycles. The van der Waals surface area contributed by atoms with Gasteiger partial charge in [0, 0.05) is 18.9 Å². The summed E-state index contributed by atoms with van der Waals surface area (Å²) in [7, 11) is -4.62. The van der Waals surface area contributed by atoms with Crippen molar-refractivity contribution in [3.05, 3.63) is 24.0 Å². The standard InChI is InChI=1S/C12H10F2N2O3S2/c13-8-2-1-3-9-11(8)15-12(20-9)16-5-7(4-10(16)17)6-21(14,18)19/h1-3,7H,4-6H2. The van der Waals surface area contributed by atoms with Crippen LogP contribution in [0, 0.1) is 11.7 Å². The van der Waals surface area contributed by atoms with E-state index in [9.17, 15) is 21.5 Å². The number of fused-ring (bicyclic) bond motifs is 1. The Balaban J connectivity index is 1.89. The molecule has 1 aromatic carbocycles. The molecule has 21 heavy (non-hydrogen) atoms. The zero-order valence-electron chi connectivity index (χ0n) is 10.6. The number of halogens is 2. The van der Waals surface area contributed by atoms with Crippen molar-refractivity contribution in [2.45, 2.75) is 6.42 Å². The lowest BCUT2D eigenvalue weighted by Crippen LogP contribution is -2.25. The number of benzene rings is 1. The highest BCUT2D eigenvalue weighted by Gasteiger charge is 2.35. The SMILES string of the molecule is O=C1CC(CS(=O)(=O)F)CN1c1nc2c(F)cccc2s1. The van der Waals surface area contributed by atoms with E-state index in [0.717, 1.165) is 11.3 Å². The zero-order chi connectivity index (χ0) is 15.2. The van der Waals surface area contributed by atoms with E-state index in [4.69, 9.17) is 0 Å². The maximum absolute atomic E-state index is 13.6. The van der Waals surface area contributed by atoms with Crippen molar-refractivity contribution < 1.29 is 21.5 Å². The topological polar surface area (TPSA) is 67.3 Å². The predicted octanol–water partition coefficient (Wildman–Crippen LogP) is 2.09. The van der Waals surface area contributed by atoms with Crippen molar-refractivity contribution in [3.8, 4) is 0 Å². The number of amides is 1. The van der Waals surface area contributed by atoms with Gasteiger partial charge in [-0.05, 0) is 12.1 Å². The average molecular weight is 332 g/mol. The third kappa shape index (κ3) is 2.88. The lowest BCUT2D eigenvalue weighted by atomic mass is 10.1. The third-order valence-electron chi connectivity index (χ3n) is 3.23. The molecule has 9 heteroatoms. The molecule has 2 heterocycles. The highest BCUT2D eigenvalue weighted by Crippen LogP contribution is 2.34. The molecular formula is C12H10F2N2O3S2. The summed E-state index contributed by atoms with van der Waals surface area (Å²) in [4.78, 5) is 17.3. The first-order valence-corrected chi connectivity index (χ1v) is 8.48. The van der Waals surface area contributed by atoms with Gasteiger partial charge in [0.2, 0.25) is 5.91 Å². The minimum atomic E-state index is -4.62. The number of aromatic nitrogens is 1. The van der Waals surface area contributed by atoms with Crippen molar-refractivity contribution in [1.29, 1.82) is 0 Å². The molecule has 1 aliphatic rings. The maximum atomic E-state index is 13.6. The fraction of sp³-hybridized carbons (Fsp3) is 0.333. The second kappa shape index (κ2) is 4.99. The van der Waals surface area contributed by atoms with Crippen molar-refractivity contribution in [3.63, 3.8) is 0 Å². The molecule has 1 amide bonds. The zero-order valence-corrected chi connectivity index (χ0v) is 12.3. The second-order valence-corrected chi connectivity index (χ2v) is 7.28. The summed E-state index contributed by atoms with van der Waals surface area (Å²) in [6.45, 7) is 0.0728. The quantitative estimate of drug-likeness (QED) is 0.807. The molecule has 0 N–H and O–H groups in total. The Morgan fingerprint density at radius 1 is 1.43 bits per heavy atom. The molecule has 0 saturated carbocycles. The number of nitrogens with zero attached hydrogens (tertiary/aromatic N) is 2. The minimum Gasteiger partial charge on any atom is -0.288 e. The largest absolute Gasteiger partial charge is 0.302 e. The van der Waals surface area contributed by atoms with Crippen LogP contribution in [0.1, 0.15) is 6.42 Å². The molecule has 0 radical (unpaired) electrons. The first-order chi connectivity index (χ1) is 9.83. The highest BCUT2D eigenvalue weighted by atomic mass is 32.3. The molecule has 1 fully saturated rings. The Kier molecular flexibility index (Phi) is 3.40. The number of anilines is 1. The van der Waals surface area contributed by atoms with E-state index in [0.29, 0.717) is 9.83 Å². The van der Waals surface area contributed by atoms with Gasteiger partial charge in [0.1, 0.15) is 11.3 Å². The number of carbonyl (C=O) groups excluding carboxylic acids is 1. The summed E-state index contributed by atoms with van der Waals surface area (Å²) in [6, 6.07) is 4.50. The van der Waals surface area contributed by atoms with E-state index in [1.807, 2.05) is 0 Å². The number of carbonyl (C=O) groups is 1. The van der Waals surface area contributed by atoms with Crippen molar-refractivity contribution >= 4 is 42.8 Å². The lowest BCUT2D eigenvalue weighted by molar-refractivity contribution is -0.117. The van der Waals surface area contributed by atoms with Gasteiger partial charge < -0.3 is 0 Å². The van der Waals surface area contributed by atoms with Crippen LogP contribution in [-0.4, -0.2) is 31.6 Å². The van der Waals surface area contributed by atoms with Crippen LogP contribution >= 0.6 is 11.3 Å². The molecule has 0 aliphatic carbocycles. The van der Waals surface area contributed by atoms with Gasteiger partial charge in [0.05, 0.1) is 10.5 Å². The number of hydrogen-bond acceptors (Lipinski definition) is 5. The van der Waals surface area contributed by atoms with E-state index in [2.05, 4.69) is 4.98 Å². The Hall–Kier alpha value is -1.61. The molecule has 1 saturated heterocycles.